The molecule has 1 rings (SSSR count). The monoisotopic (exact) mass is 264 g/mol. The smallest absolute Gasteiger partial charge is 0.303 e. The van der Waals surface area contributed by atoms with E-state index in [2.05, 4.69) is 0 Å². The Morgan fingerprint density at radius 1 is 1.17 bits per heavy atom. The van der Waals surface area contributed by atoms with Crippen LogP contribution >= 0.6 is 0 Å². The summed E-state index contributed by atoms with van der Waals surface area (Å²) < 4.78 is 25.9. The minimum absolute atomic E-state index is 0.212. The fourth-order valence-corrected chi connectivity index (χ4v) is 2.06. The van der Waals surface area contributed by atoms with Crippen molar-refractivity contribution in [3.63, 3.8) is 0 Å². The van der Waals surface area contributed by atoms with E-state index in [4.69, 9.17) is 23.7 Å². The van der Waals surface area contributed by atoms with E-state index in [0.29, 0.717) is 0 Å². The first-order valence-corrected chi connectivity index (χ1v) is 5.60. The Morgan fingerprint density at radius 2 is 1.78 bits per heavy atom. The maximum atomic E-state index is 11.1. The zero-order chi connectivity index (χ0) is 13.7. The number of carbonyl (C=O) groups is 1. The third-order valence-electron chi connectivity index (χ3n) is 2.79. The molecule has 1 aliphatic rings. The molecule has 1 saturated heterocycles. The number of esters is 1. The van der Waals surface area contributed by atoms with Crippen LogP contribution in [0.1, 0.15) is 6.92 Å². The zero-order valence-corrected chi connectivity index (χ0v) is 11.0. The van der Waals surface area contributed by atoms with Gasteiger partial charge in [-0.05, 0) is 0 Å². The van der Waals surface area contributed by atoms with Crippen LogP contribution in [0.25, 0.3) is 0 Å². The standard InChI is InChI=1S/C11H20O7/c1-6(12)17-9-8(15-3)7(5-14-2)18-11(13)10(9)16-4/h7-11,13H,5H2,1-4H3/t7-,8+,9+,10-,11+/m1/s1. The summed E-state index contributed by atoms with van der Waals surface area (Å²) in [5, 5.41) is 9.81. The molecule has 0 aromatic carbocycles. The fraction of sp³-hybridized carbons (Fsp3) is 0.909. The quantitative estimate of drug-likeness (QED) is 0.658. The van der Waals surface area contributed by atoms with Crippen molar-refractivity contribution >= 4 is 5.97 Å². The largest absolute Gasteiger partial charge is 0.457 e. The molecule has 1 fully saturated rings. The van der Waals surface area contributed by atoms with Gasteiger partial charge in [-0.25, -0.2) is 0 Å². The summed E-state index contributed by atoms with van der Waals surface area (Å²) in [4.78, 5) is 11.1. The van der Waals surface area contributed by atoms with Crippen molar-refractivity contribution in [3.8, 4) is 0 Å². The van der Waals surface area contributed by atoms with Crippen molar-refractivity contribution in [2.75, 3.05) is 27.9 Å². The molecule has 106 valence electrons. The number of aliphatic hydroxyl groups excluding tert-OH is 1. The van der Waals surface area contributed by atoms with Crippen LogP contribution in [-0.4, -0.2) is 69.7 Å². The molecular formula is C11H20O7. The molecule has 0 aliphatic carbocycles. The first-order valence-electron chi connectivity index (χ1n) is 5.60. The number of hydrogen-bond acceptors (Lipinski definition) is 7. The molecule has 7 heteroatoms. The summed E-state index contributed by atoms with van der Waals surface area (Å²) >= 11 is 0. The van der Waals surface area contributed by atoms with Crippen molar-refractivity contribution in [1.29, 1.82) is 0 Å². The van der Waals surface area contributed by atoms with Crippen LogP contribution < -0.4 is 0 Å². The van der Waals surface area contributed by atoms with Crippen LogP contribution in [-0.2, 0) is 28.5 Å². The molecule has 5 atom stereocenters. The summed E-state index contributed by atoms with van der Waals surface area (Å²) in [6.45, 7) is 1.50. The molecule has 1 aliphatic heterocycles. The first-order chi connectivity index (χ1) is 8.54. The lowest BCUT2D eigenvalue weighted by molar-refractivity contribution is -0.298. The lowest BCUT2D eigenvalue weighted by atomic mass is 9.98. The lowest BCUT2D eigenvalue weighted by Gasteiger charge is -2.42. The number of rotatable bonds is 5. The van der Waals surface area contributed by atoms with Gasteiger partial charge in [0.25, 0.3) is 0 Å². The molecule has 0 radical (unpaired) electrons. The molecule has 18 heavy (non-hydrogen) atoms. The highest BCUT2D eigenvalue weighted by Crippen LogP contribution is 2.26. The number of methoxy groups -OCH3 is 3. The number of hydrogen-bond donors (Lipinski definition) is 1. The summed E-state index contributed by atoms with van der Waals surface area (Å²) in [7, 11) is 4.38. The van der Waals surface area contributed by atoms with Crippen LogP contribution in [0.2, 0.25) is 0 Å². The Morgan fingerprint density at radius 3 is 2.22 bits per heavy atom. The molecule has 0 spiro atoms. The highest BCUT2D eigenvalue weighted by atomic mass is 16.7. The minimum atomic E-state index is -1.20. The van der Waals surface area contributed by atoms with Gasteiger partial charge in [-0.1, -0.05) is 0 Å². The van der Waals surface area contributed by atoms with Gasteiger partial charge in [0, 0.05) is 28.3 Å². The highest BCUT2D eigenvalue weighted by molar-refractivity contribution is 5.66. The molecular weight excluding hydrogens is 244 g/mol. The van der Waals surface area contributed by atoms with Gasteiger partial charge >= 0.3 is 5.97 Å². The second-order valence-corrected chi connectivity index (χ2v) is 4.00. The van der Waals surface area contributed by atoms with Crippen molar-refractivity contribution in [2.45, 2.75) is 37.6 Å². The van der Waals surface area contributed by atoms with Gasteiger partial charge in [-0.3, -0.25) is 4.79 Å². The predicted octanol–water partition coefficient (Wildman–Crippen LogP) is -0.688. The van der Waals surface area contributed by atoms with Crippen molar-refractivity contribution in [1.82, 2.24) is 0 Å². The lowest BCUT2D eigenvalue weighted by Crippen LogP contribution is -2.61. The Labute approximate surface area is 106 Å². The molecule has 0 saturated carbocycles. The van der Waals surface area contributed by atoms with Crippen LogP contribution in [0, 0.1) is 0 Å². The van der Waals surface area contributed by atoms with Crippen LogP contribution in [0.15, 0.2) is 0 Å². The molecule has 0 amide bonds. The number of aliphatic hydroxyl groups is 1. The van der Waals surface area contributed by atoms with Crippen molar-refractivity contribution in [3.05, 3.63) is 0 Å². The SMILES string of the molecule is COC[C@H]1O[C@H](O)[C@H](OC)[C@@H](OC(C)=O)[C@H]1OC. The van der Waals surface area contributed by atoms with E-state index in [1.165, 1.54) is 28.3 Å². The van der Waals surface area contributed by atoms with Gasteiger partial charge in [-0.2, -0.15) is 0 Å². The molecule has 0 unspecified atom stereocenters. The third kappa shape index (κ3) is 3.39. The molecule has 0 aromatic heterocycles. The summed E-state index contributed by atoms with van der Waals surface area (Å²) in [6.07, 6.45) is -3.85. The van der Waals surface area contributed by atoms with E-state index >= 15 is 0 Å². The van der Waals surface area contributed by atoms with Gasteiger partial charge in [0.05, 0.1) is 6.61 Å². The van der Waals surface area contributed by atoms with E-state index in [0.717, 1.165) is 0 Å². The van der Waals surface area contributed by atoms with Gasteiger partial charge in [-0.15, -0.1) is 0 Å². The Balaban J connectivity index is 2.89. The number of ether oxygens (including phenoxy) is 5. The second kappa shape index (κ2) is 7.01. The van der Waals surface area contributed by atoms with Crippen LogP contribution in [0.4, 0.5) is 0 Å². The van der Waals surface area contributed by atoms with Crippen LogP contribution in [0.5, 0.6) is 0 Å². The van der Waals surface area contributed by atoms with E-state index < -0.39 is 36.7 Å². The van der Waals surface area contributed by atoms with Crippen molar-refractivity contribution < 1.29 is 33.6 Å². The van der Waals surface area contributed by atoms with E-state index in [1.807, 2.05) is 0 Å². The maximum Gasteiger partial charge on any atom is 0.303 e. The molecule has 7 nitrogen and oxygen atoms in total. The average Bonchev–Trinajstić information content (AvgIpc) is 2.29. The topological polar surface area (TPSA) is 83.5 Å². The van der Waals surface area contributed by atoms with Gasteiger partial charge in [0.15, 0.2) is 12.4 Å². The zero-order valence-electron chi connectivity index (χ0n) is 11.0. The molecule has 0 aromatic rings. The Kier molecular flexibility index (Phi) is 5.97. The first kappa shape index (κ1) is 15.3. The van der Waals surface area contributed by atoms with Crippen LogP contribution in [0.3, 0.4) is 0 Å². The van der Waals surface area contributed by atoms with E-state index in [9.17, 15) is 9.90 Å². The molecule has 0 bridgehead atoms. The predicted molar refractivity (Wildman–Crippen MR) is 59.9 cm³/mol. The van der Waals surface area contributed by atoms with Crippen molar-refractivity contribution in [2.24, 2.45) is 0 Å². The summed E-state index contributed by atoms with van der Waals surface area (Å²) in [5.74, 6) is -0.477. The average molecular weight is 264 g/mol. The Hall–Kier alpha value is -0.730. The van der Waals surface area contributed by atoms with Gasteiger partial charge < -0.3 is 28.8 Å². The van der Waals surface area contributed by atoms with E-state index in [-0.39, 0.29) is 6.61 Å². The fourth-order valence-electron chi connectivity index (χ4n) is 2.06. The highest BCUT2D eigenvalue weighted by Gasteiger charge is 2.48. The van der Waals surface area contributed by atoms with Gasteiger partial charge in [0.1, 0.15) is 18.3 Å². The molecule has 1 N–H and O–H groups in total. The maximum absolute atomic E-state index is 11.1. The van der Waals surface area contributed by atoms with E-state index in [1.54, 1.807) is 0 Å². The summed E-state index contributed by atoms with van der Waals surface area (Å²) in [5.41, 5.74) is 0. The normalized spacial score (nSPS) is 36.4. The minimum Gasteiger partial charge on any atom is -0.457 e. The number of carbonyl (C=O) groups excluding carboxylic acids is 1. The second-order valence-electron chi connectivity index (χ2n) is 4.00. The molecule has 1 heterocycles. The van der Waals surface area contributed by atoms with Gasteiger partial charge in [0.2, 0.25) is 0 Å². The Bertz CT molecular complexity index is 270. The third-order valence-corrected chi connectivity index (χ3v) is 2.79. The summed E-state index contributed by atoms with van der Waals surface area (Å²) in [6, 6.07) is 0.